The first kappa shape index (κ1) is 14.7. The molecule has 0 radical (unpaired) electrons. The maximum Gasteiger partial charge on any atom is 0.214 e. The minimum absolute atomic E-state index is 0.0469. The summed E-state index contributed by atoms with van der Waals surface area (Å²) < 4.78 is 6.74. The van der Waals surface area contributed by atoms with Gasteiger partial charge in [-0.2, -0.15) is 0 Å². The summed E-state index contributed by atoms with van der Waals surface area (Å²) in [4.78, 5) is 16.8. The number of hydrogen-bond acceptors (Lipinski definition) is 6. The Hall–Kier alpha value is -2.25. The van der Waals surface area contributed by atoms with Gasteiger partial charge in [0.1, 0.15) is 0 Å². The van der Waals surface area contributed by atoms with Crippen molar-refractivity contribution in [2.75, 3.05) is 25.6 Å². The van der Waals surface area contributed by atoms with E-state index in [1.54, 1.807) is 24.6 Å². The van der Waals surface area contributed by atoms with Crippen molar-refractivity contribution >= 4 is 27.2 Å². The molecule has 0 saturated carbocycles. The Kier molecular flexibility index (Phi) is 4.17. The van der Waals surface area contributed by atoms with E-state index < -0.39 is 0 Å². The monoisotopic (exact) mass is 316 g/mol. The number of Topliss-reactive ketones (excluding diaryl/α,β-unsaturated/α-hetero) is 1. The second kappa shape index (κ2) is 6.25. The van der Waals surface area contributed by atoms with Gasteiger partial charge in [-0.25, -0.2) is 9.50 Å². The summed E-state index contributed by atoms with van der Waals surface area (Å²) >= 11 is 1.48. The number of benzene rings is 1. The molecule has 0 aliphatic carbocycles. The summed E-state index contributed by atoms with van der Waals surface area (Å²) in [5, 5.41) is 8.42. The van der Waals surface area contributed by atoms with Crippen molar-refractivity contribution in [1.29, 1.82) is 0 Å². The number of nitrogens with zero attached hydrogens (tertiary/aromatic N) is 3. The molecule has 0 aliphatic rings. The maximum absolute atomic E-state index is 11.5. The molecule has 6 nitrogen and oxygen atoms in total. The molecule has 2 aromatic heterocycles. The second-order valence-electron chi connectivity index (χ2n) is 4.82. The molecule has 1 N–H and O–H groups in total. The van der Waals surface area contributed by atoms with E-state index in [4.69, 9.17) is 4.74 Å². The number of hydrogen-bond donors (Lipinski definition) is 1. The highest BCUT2D eigenvalue weighted by molar-refractivity contribution is 7.20. The number of aromatic nitrogens is 3. The lowest BCUT2D eigenvalue weighted by Gasteiger charge is -2.00. The zero-order valence-electron chi connectivity index (χ0n) is 12.4. The van der Waals surface area contributed by atoms with E-state index in [2.05, 4.69) is 15.4 Å². The van der Waals surface area contributed by atoms with Crippen LogP contribution in [-0.2, 0) is 4.74 Å². The Balaban J connectivity index is 1.85. The molecule has 0 spiro atoms. The molecule has 3 rings (SSSR count). The van der Waals surface area contributed by atoms with Crippen molar-refractivity contribution in [3.63, 3.8) is 0 Å². The van der Waals surface area contributed by atoms with Crippen molar-refractivity contribution in [2.45, 2.75) is 6.92 Å². The van der Waals surface area contributed by atoms with Gasteiger partial charge >= 0.3 is 0 Å². The fraction of sp³-hybridized carbons (Fsp3) is 0.267. The molecule has 3 aromatic rings. The Morgan fingerprint density at radius 3 is 3.05 bits per heavy atom. The van der Waals surface area contributed by atoms with Crippen molar-refractivity contribution in [1.82, 2.24) is 14.6 Å². The molecule has 1 aromatic carbocycles. The summed E-state index contributed by atoms with van der Waals surface area (Å²) in [5.74, 6) is 0.0469. The highest BCUT2D eigenvalue weighted by Crippen LogP contribution is 2.25. The van der Waals surface area contributed by atoms with Gasteiger partial charge in [0.25, 0.3) is 0 Å². The van der Waals surface area contributed by atoms with Gasteiger partial charge in [-0.1, -0.05) is 29.5 Å². The topological polar surface area (TPSA) is 68.5 Å². The van der Waals surface area contributed by atoms with Gasteiger partial charge in [-0.3, -0.25) is 4.79 Å². The predicted octanol–water partition coefficient (Wildman–Crippen LogP) is 2.72. The molecular formula is C15H16N4O2S. The first-order valence-electron chi connectivity index (χ1n) is 6.88. The van der Waals surface area contributed by atoms with Crippen LogP contribution in [0.4, 0.5) is 5.13 Å². The Bertz CT molecular complexity index is 777. The third-order valence-electron chi connectivity index (χ3n) is 3.19. The van der Waals surface area contributed by atoms with Gasteiger partial charge in [0, 0.05) is 24.8 Å². The zero-order valence-corrected chi connectivity index (χ0v) is 13.2. The van der Waals surface area contributed by atoms with Crippen molar-refractivity contribution < 1.29 is 9.53 Å². The fourth-order valence-electron chi connectivity index (χ4n) is 2.07. The van der Waals surface area contributed by atoms with Crippen LogP contribution in [0.3, 0.4) is 0 Å². The number of ketones is 1. The van der Waals surface area contributed by atoms with Gasteiger partial charge in [0.2, 0.25) is 10.1 Å². The first-order valence-corrected chi connectivity index (χ1v) is 7.69. The fourth-order valence-corrected chi connectivity index (χ4v) is 2.88. The SMILES string of the molecule is COCCNc1nn2cc(-c3cccc(C(C)=O)c3)nc2s1. The summed E-state index contributed by atoms with van der Waals surface area (Å²) in [6.45, 7) is 2.90. The van der Waals surface area contributed by atoms with Crippen molar-refractivity contribution in [3.05, 3.63) is 36.0 Å². The van der Waals surface area contributed by atoms with Crippen LogP contribution in [-0.4, -0.2) is 40.6 Å². The average molecular weight is 316 g/mol. The summed E-state index contributed by atoms with van der Waals surface area (Å²) in [7, 11) is 1.66. The van der Waals surface area contributed by atoms with Crippen molar-refractivity contribution in [3.8, 4) is 11.3 Å². The van der Waals surface area contributed by atoms with Gasteiger partial charge in [0.15, 0.2) is 5.78 Å². The third kappa shape index (κ3) is 3.00. The van der Waals surface area contributed by atoms with Crippen LogP contribution in [0, 0.1) is 0 Å². The number of methoxy groups -OCH3 is 1. The quantitative estimate of drug-likeness (QED) is 0.559. The molecular weight excluding hydrogens is 300 g/mol. The van der Waals surface area contributed by atoms with Gasteiger partial charge in [0.05, 0.1) is 18.5 Å². The maximum atomic E-state index is 11.5. The summed E-state index contributed by atoms with van der Waals surface area (Å²) in [5.41, 5.74) is 2.41. The van der Waals surface area contributed by atoms with Crippen molar-refractivity contribution in [2.24, 2.45) is 0 Å². The van der Waals surface area contributed by atoms with Crippen LogP contribution in [0.5, 0.6) is 0 Å². The Labute approximate surface area is 131 Å². The second-order valence-corrected chi connectivity index (χ2v) is 5.77. The molecule has 0 atom stereocenters. The molecule has 7 heteroatoms. The molecule has 22 heavy (non-hydrogen) atoms. The number of carbonyl (C=O) groups is 1. The van der Waals surface area contributed by atoms with E-state index in [1.807, 2.05) is 24.4 Å². The molecule has 2 heterocycles. The van der Waals surface area contributed by atoms with Crippen LogP contribution in [0.15, 0.2) is 30.5 Å². The highest BCUT2D eigenvalue weighted by atomic mass is 32.1. The minimum Gasteiger partial charge on any atom is -0.383 e. The van der Waals surface area contributed by atoms with Crippen LogP contribution in [0.2, 0.25) is 0 Å². The number of ether oxygens (including phenoxy) is 1. The van der Waals surface area contributed by atoms with E-state index in [0.717, 1.165) is 21.3 Å². The lowest BCUT2D eigenvalue weighted by Crippen LogP contribution is -2.07. The van der Waals surface area contributed by atoms with Gasteiger partial charge in [-0.05, 0) is 13.0 Å². The summed E-state index contributed by atoms with van der Waals surface area (Å²) in [6, 6.07) is 7.47. The Morgan fingerprint density at radius 1 is 1.45 bits per heavy atom. The largest absolute Gasteiger partial charge is 0.383 e. The lowest BCUT2D eigenvalue weighted by atomic mass is 10.1. The van der Waals surface area contributed by atoms with Crippen LogP contribution < -0.4 is 5.32 Å². The highest BCUT2D eigenvalue weighted by Gasteiger charge is 2.10. The van der Waals surface area contributed by atoms with E-state index in [9.17, 15) is 4.79 Å². The molecule has 0 unspecified atom stereocenters. The predicted molar refractivity (Wildman–Crippen MR) is 86.7 cm³/mol. The van der Waals surface area contributed by atoms with E-state index >= 15 is 0 Å². The normalized spacial score (nSPS) is 11.0. The number of imidazole rings is 1. The molecule has 0 bridgehead atoms. The minimum atomic E-state index is 0.0469. The zero-order chi connectivity index (χ0) is 15.5. The van der Waals surface area contributed by atoms with E-state index in [0.29, 0.717) is 18.7 Å². The Morgan fingerprint density at radius 2 is 2.32 bits per heavy atom. The van der Waals surface area contributed by atoms with Crippen LogP contribution in [0.25, 0.3) is 16.2 Å². The molecule has 114 valence electrons. The first-order chi connectivity index (χ1) is 10.7. The number of rotatable bonds is 6. The molecule has 0 aliphatic heterocycles. The van der Waals surface area contributed by atoms with E-state index in [-0.39, 0.29) is 5.78 Å². The number of fused-ring (bicyclic) bond motifs is 1. The summed E-state index contributed by atoms with van der Waals surface area (Å²) in [6.07, 6.45) is 1.87. The number of anilines is 1. The molecule has 0 amide bonds. The molecule has 0 fully saturated rings. The number of nitrogens with one attached hydrogen (secondary N) is 1. The molecule has 0 saturated heterocycles. The van der Waals surface area contributed by atoms with Crippen LogP contribution in [0.1, 0.15) is 17.3 Å². The van der Waals surface area contributed by atoms with Gasteiger partial charge in [-0.15, -0.1) is 5.10 Å². The number of carbonyl (C=O) groups excluding carboxylic acids is 1. The van der Waals surface area contributed by atoms with Gasteiger partial charge < -0.3 is 10.1 Å². The standard InChI is InChI=1S/C15H16N4O2S/c1-10(20)11-4-3-5-12(8-11)13-9-19-15(17-13)22-14(18-19)16-6-7-21-2/h3-5,8-9H,6-7H2,1-2H3,(H,16,18). The van der Waals surface area contributed by atoms with E-state index in [1.165, 1.54) is 11.3 Å². The lowest BCUT2D eigenvalue weighted by molar-refractivity contribution is 0.101. The third-order valence-corrected chi connectivity index (χ3v) is 4.07. The average Bonchev–Trinajstić information content (AvgIpc) is 3.06. The smallest absolute Gasteiger partial charge is 0.214 e. The van der Waals surface area contributed by atoms with Crippen LogP contribution >= 0.6 is 11.3 Å².